The van der Waals surface area contributed by atoms with Crippen LogP contribution in [-0.4, -0.2) is 47.9 Å². The molecule has 7 heteroatoms. The van der Waals surface area contributed by atoms with E-state index < -0.39 is 6.03 Å². The van der Waals surface area contributed by atoms with E-state index in [1.165, 1.54) is 4.90 Å². The maximum Gasteiger partial charge on any atom is 0.325 e. The third-order valence-electron chi connectivity index (χ3n) is 3.56. The number of rotatable bonds is 4. The highest BCUT2D eigenvalue weighted by Gasteiger charge is 2.35. The van der Waals surface area contributed by atoms with Crippen LogP contribution in [0, 0.1) is 0 Å². The van der Waals surface area contributed by atoms with Gasteiger partial charge >= 0.3 is 6.03 Å². The Morgan fingerprint density at radius 1 is 1.39 bits per heavy atom. The van der Waals surface area contributed by atoms with Crippen molar-refractivity contribution in [3.05, 3.63) is 0 Å². The smallest absolute Gasteiger partial charge is 0.325 e. The number of nitrogens with one attached hydrogen (secondary N) is 2. The molecule has 18 heavy (non-hydrogen) atoms. The topological polar surface area (TPSA) is 105 Å². The van der Waals surface area contributed by atoms with Gasteiger partial charge in [0.2, 0.25) is 11.8 Å². The Hall–Kier alpha value is -1.63. The summed E-state index contributed by atoms with van der Waals surface area (Å²) in [4.78, 5) is 35.3. The summed E-state index contributed by atoms with van der Waals surface area (Å²) in [6, 6.07) is -0.511. The van der Waals surface area contributed by atoms with Crippen molar-refractivity contribution in [3.63, 3.8) is 0 Å². The predicted octanol–water partition coefficient (Wildman–Crippen LogP) is -1.07. The number of carbonyl (C=O) groups is 3. The normalized spacial score (nSPS) is 22.2. The molecule has 1 aliphatic carbocycles. The lowest BCUT2D eigenvalue weighted by Crippen LogP contribution is -2.54. The van der Waals surface area contributed by atoms with Crippen LogP contribution in [0.5, 0.6) is 0 Å². The van der Waals surface area contributed by atoms with Gasteiger partial charge in [-0.05, 0) is 12.8 Å². The summed E-state index contributed by atoms with van der Waals surface area (Å²) < 4.78 is 0. The maximum atomic E-state index is 11.9. The van der Waals surface area contributed by atoms with Crippen LogP contribution in [0.3, 0.4) is 0 Å². The Labute approximate surface area is 105 Å². The molecule has 0 bridgehead atoms. The van der Waals surface area contributed by atoms with Crippen molar-refractivity contribution < 1.29 is 14.4 Å². The average molecular weight is 254 g/mol. The standard InChI is InChI=1S/C11H18N4O3/c12-7-11(3-1-2-4-11)14-9(17)6-15-5-8(16)13-10(15)18/h1-7,12H2,(H,14,17)(H,13,16,18). The van der Waals surface area contributed by atoms with Gasteiger partial charge in [0.25, 0.3) is 0 Å². The molecule has 2 rings (SSSR count). The number of amides is 4. The second kappa shape index (κ2) is 4.93. The Morgan fingerprint density at radius 3 is 2.56 bits per heavy atom. The van der Waals surface area contributed by atoms with E-state index in [0.29, 0.717) is 6.54 Å². The number of hydrogen-bond donors (Lipinski definition) is 3. The number of imide groups is 1. The monoisotopic (exact) mass is 254 g/mol. The van der Waals surface area contributed by atoms with Gasteiger partial charge in [-0.1, -0.05) is 12.8 Å². The molecular formula is C11H18N4O3. The Bertz CT molecular complexity index is 376. The zero-order chi connectivity index (χ0) is 13.2. The molecular weight excluding hydrogens is 236 g/mol. The van der Waals surface area contributed by atoms with Crippen molar-refractivity contribution in [2.75, 3.05) is 19.6 Å². The van der Waals surface area contributed by atoms with Gasteiger partial charge in [-0.15, -0.1) is 0 Å². The molecule has 4 N–H and O–H groups in total. The van der Waals surface area contributed by atoms with Crippen LogP contribution in [-0.2, 0) is 9.59 Å². The van der Waals surface area contributed by atoms with Crippen LogP contribution in [0.1, 0.15) is 25.7 Å². The van der Waals surface area contributed by atoms with Crippen LogP contribution in [0.4, 0.5) is 4.79 Å². The van der Waals surface area contributed by atoms with E-state index >= 15 is 0 Å². The van der Waals surface area contributed by atoms with E-state index in [9.17, 15) is 14.4 Å². The van der Waals surface area contributed by atoms with Crippen molar-refractivity contribution in [2.45, 2.75) is 31.2 Å². The molecule has 0 atom stereocenters. The lowest BCUT2D eigenvalue weighted by Gasteiger charge is -2.29. The van der Waals surface area contributed by atoms with Gasteiger partial charge in [0, 0.05) is 6.54 Å². The summed E-state index contributed by atoms with van der Waals surface area (Å²) in [5.41, 5.74) is 5.39. The van der Waals surface area contributed by atoms with Crippen LogP contribution in [0.15, 0.2) is 0 Å². The van der Waals surface area contributed by atoms with Gasteiger partial charge in [0.05, 0.1) is 5.54 Å². The fraction of sp³-hybridized carbons (Fsp3) is 0.727. The summed E-state index contributed by atoms with van der Waals surface area (Å²) >= 11 is 0. The number of nitrogens with two attached hydrogens (primary N) is 1. The molecule has 0 spiro atoms. The van der Waals surface area contributed by atoms with Crippen LogP contribution < -0.4 is 16.4 Å². The van der Waals surface area contributed by atoms with Crippen molar-refractivity contribution in [1.82, 2.24) is 15.5 Å². The molecule has 0 unspecified atom stereocenters. The molecule has 0 aromatic carbocycles. The minimum atomic E-state index is -0.511. The Morgan fingerprint density at radius 2 is 2.06 bits per heavy atom. The number of urea groups is 1. The summed E-state index contributed by atoms with van der Waals surface area (Å²) in [5, 5.41) is 5.04. The third kappa shape index (κ3) is 2.61. The number of nitrogens with zero attached hydrogens (tertiary/aromatic N) is 1. The molecule has 1 heterocycles. The molecule has 100 valence electrons. The third-order valence-corrected chi connectivity index (χ3v) is 3.56. The first-order valence-electron chi connectivity index (χ1n) is 6.14. The van der Waals surface area contributed by atoms with Gasteiger partial charge < -0.3 is 16.0 Å². The summed E-state index contributed by atoms with van der Waals surface area (Å²) in [6.45, 7) is 0.255. The van der Waals surface area contributed by atoms with E-state index in [4.69, 9.17) is 5.73 Å². The molecule has 0 aromatic heterocycles. The fourth-order valence-corrected chi connectivity index (χ4v) is 2.55. The minimum absolute atomic E-state index is 0.0537. The van der Waals surface area contributed by atoms with E-state index in [-0.39, 0.29) is 30.4 Å². The predicted molar refractivity (Wildman–Crippen MR) is 63.5 cm³/mol. The SMILES string of the molecule is NCC1(NC(=O)CN2CC(=O)NC2=O)CCCC1. The molecule has 2 fully saturated rings. The first-order valence-corrected chi connectivity index (χ1v) is 6.14. The highest BCUT2D eigenvalue weighted by Crippen LogP contribution is 2.28. The fourth-order valence-electron chi connectivity index (χ4n) is 2.55. The summed E-state index contributed by atoms with van der Waals surface area (Å²) in [5.74, 6) is -0.630. The highest BCUT2D eigenvalue weighted by atomic mass is 16.2. The van der Waals surface area contributed by atoms with Crippen molar-refractivity contribution in [1.29, 1.82) is 0 Å². The minimum Gasteiger partial charge on any atom is -0.348 e. The van der Waals surface area contributed by atoms with Crippen molar-refractivity contribution in [2.24, 2.45) is 5.73 Å². The maximum absolute atomic E-state index is 11.9. The molecule has 0 aromatic rings. The zero-order valence-corrected chi connectivity index (χ0v) is 10.2. The average Bonchev–Trinajstić information content (AvgIpc) is 2.87. The van der Waals surface area contributed by atoms with Crippen LogP contribution in [0.2, 0.25) is 0 Å². The molecule has 0 radical (unpaired) electrons. The molecule has 1 aliphatic heterocycles. The van der Waals surface area contributed by atoms with Crippen molar-refractivity contribution in [3.8, 4) is 0 Å². The van der Waals surface area contributed by atoms with E-state index in [2.05, 4.69) is 10.6 Å². The quantitative estimate of drug-likeness (QED) is 0.555. The van der Waals surface area contributed by atoms with Gasteiger partial charge in [-0.3, -0.25) is 14.9 Å². The highest BCUT2D eigenvalue weighted by molar-refractivity contribution is 6.03. The molecule has 2 aliphatic rings. The lowest BCUT2D eigenvalue weighted by atomic mass is 9.98. The number of hydrogen-bond acceptors (Lipinski definition) is 4. The zero-order valence-electron chi connectivity index (χ0n) is 10.2. The summed E-state index contributed by atoms with van der Waals surface area (Å²) in [6.07, 6.45) is 3.86. The van der Waals surface area contributed by atoms with E-state index in [1.54, 1.807) is 0 Å². The van der Waals surface area contributed by atoms with E-state index in [1.807, 2.05) is 0 Å². The lowest BCUT2D eigenvalue weighted by molar-refractivity contribution is -0.123. The summed E-state index contributed by atoms with van der Waals surface area (Å²) in [7, 11) is 0. The second-order valence-corrected chi connectivity index (χ2v) is 4.95. The van der Waals surface area contributed by atoms with Crippen LogP contribution in [0.25, 0.3) is 0 Å². The Kier molecular flexibility index (Phi) is 3.51. The first-order chi connectivity index (χ1) is 8.54. The first kappa shape index (κ1) is 12.8. The van der Waals surface area contributed by atoms with Gasteiger partial charge in [-0.25, -0.2) is 4.79 Å². The van der Waals surface area contributed by atoms with E-state index in [0.717, 1.165) is 25.7 Å². The largest absolute Gasteiger partial charge is 0.348 e. The number of carbonyl (C=O) groups excluding carboxylic acids is 3. The Balaban J connectivity index is 1.88. The van der Waals surface area contributed by atoms with Crippen LogP contribution >= 0.6 is 0 Å². The molecule has 1 saturated heterocycles. The van der Waals surface area contributed by atoms with Gasteiger partial charge in [0.1, 0.15) is 13.1 Å². The van der Waals surface area contributed by atoms with Crippen molar-refractivity contribution >= 4 is 17.8 Å². The van der Waals surface area contributed by atoms with Gasteiger partial charge in [0.15, 0.2) is 0 Å². The second-order valence-electron chi connectivity index (χ2n) is 4.95. The molecule has 4 amide bonds. The molecule has 7 nitrogen and oxygen atoms in total. The van der Waals surface area contributed by atoms with Gasteiger partial charge in [-0.2, -0.15) is 0 Å². The molecule has 1 saturated carbocycles.